The van der Waals surface area contributed by atoms with Gasteiger partial charge in [-0.2, -0.15) is 0 Å². The molecular weight excluding hydrogens is 281 g/mol. The fourth-order valence-corrected chi connectivity index (χ4v) is 2.13. The van der Waals surface area contributed by atoms with Gasteiger partial charge in [0.1, 0.15) is 11.6 Å². The average molecular weight is 296 g/mol. The second-order valence-electron chi connectivity index (χ2n) is 4.26. The molecule has 1 atom stereocenters. The highest BCUT2D eigenvalue weighted by Gasteiger charge is 2.12. The van der Waals surface area contributed by atoms with Crippen LogP contribution in [0.25, 0.3) is 0 Å². The van der Waals surface area contributed by atoms with Gasteiger partial charge in [-0.25, -0.2) is 4.39 Å². The molecule has 0 aliphatic carbocycles. The fourth-order valence-electron chi connectivity index (χ4n) is 1.87. The summed E-state index contributed by atoms with van der Waals surface area (Å²) in [5, 5.41) is 13.6. The van der Waals surface area contributed by atoms with Crippen LogP contribution < -0.4 is 10.1 Å². The Labute approximate surface area is 122 Å². The molecule has 0 radical (unpaired) electrons. The molecule has 0 aliphatic heterocycles. The molecule has 2 aromatic carbocycles. The maximum Gasteiger partial charge on any atom is 0.144 e. The zero-order valence-corrected chi connectivity index (χ0v) is 11.7. The molecule has 0 bridgehead atoms. The van der Waals surface area contributed by atoms with Crippen molar-refractivity contribution in [1.29, 1.82) is 0 Å². The van der Waals surface area contributed by atoms with E-state index in [-0.39, 0.29) is 12.4 Å². The number of anilines is 1. The molecule has 0 heterocycles. The minimum Gasteiger partial charge on any atom is -0.494 e. The van der Waals surface area contributed by atoms with E-state index in [0.717, 1.165) is 0 Å². The molecule has 2 N–H and O–H groups in total. The van der Waals surface area contributed by atoms with Gasteiger partial charge in [0.05, 0.1) is 18.9 Å². The van der Waals surface area contributed by atoms with Gasteiger partial charge in [-0.1, -0.05) is 29.8 Å². The normalized spacial score (nSPS) is 12.0. The van der Waals surface area contributed by atoms with Crippen LogP contribution in [0.3, 0.4) is 0 Å². The van der Waals surface area contributed by atoms with Gasteiger partial charge in [-0.05, 0) is 18.2 Å². The molecule has 106 valence electrons. The van der Waals surface area contributed by atoms with Crippen molar-refractivity contribution in [3.05, 3.63) is 58.9 Å². The zero-order valence-electron chi connectivity index (χ0n) is 10.9. The third-order valence-electron chi connectivity index (χ3n) is 2.91. The Kier molecular flexibility index (Phi) is 4.82. The number of rotatable bonds is 5. The largest absolute Gasteiger partial charge is 0.494 e. The van der Waals surface area contributed by atoms with Gasteiger partial charge in [0.25, 0.3) is 0 Å². The number of nitrogens with one attached hydrogen (secondary N) is 1. The first-order chi connectivity index (χ1) is 9.61. The maximum absolute atomic E-state index is 13.1. The van der Waals surface area contributed by atoms with E-state index in [4.69, 9.17) is 16.3 Å². The number of ether oxygens (including phenoxy) is 1. The molecule has 3 nitrogen and oxygen atoms in total. The van der Waals surface area contributed by atoms with Crippen molar-refractivity contribution in [2.75, 3.05) is 19.0 Å². The number of aliphatic hydroxyl groups excluding tert-OH is 1. The molecule has 0 spiro atoms. The Morgan fingerprint density at radius 3 is 2.75 bits per heavy atom. The summed E-state index contributed by atoms with van der Waals surface area (Å²) in [5.41, 5.74) is 1.25. The lowest BCUT2D eigenvalue weighted by molar-refractivity contribution is 0.191. The van der Waals surface area contributed by atoms with Crippen LogP contribution in [0, 0.1) is 5.82 Å². The highest BCUT2D eigenvalue weighted by atomic mass is 35.5. The molecule has 0 saturated heterocycles. The van der Waals surface area contributed by atoms with E-state index in [2.05, 4.69) is 5.32 Å². The molecular formula is C15H15ClFNO2. The lowest BCUT2D eigenvalue weighted by Crippen LogP contribution is -2.13. The third-order valence-corrected chi connectivity index (χ3v) is 3.26. The molecule has 0 fully saturated rings. The number of aliphatic hydroxyl groups is 1. The topological polar surface area (TPSA) is 41.5 Å². The number of hydrogen-bond donors (Lipinski definition) is 2. The van der Waals surface area contributed by atoms with E-state index < -0.39 is 6.10 Å². The van der Waals surface area contributed by atoms with Gasteiger partial charge in [0.15, 0.2) is 0 Å². The van der Waals surface area contributed by atoms with E-state index in [1.165, 1.54) is 19.2 Å². The second kappa shape index (κ2) is 6.59. The first kappa shape index (κ1) is 14.6. The highest BCUT2D eigenvalue weighted by Crippen LogP contribution is 2.27. The third kappa shape index (κ3) is 3.40. The van der Waals surface area contributed by atoms with Gasteiger partial charge >= 0.3 is 0 Å². The van der Waals surface area contributed by atoms with Crippen LogP contribution in [0.15, 0.2) is 42.5 Å². The van der Waals surface area contributed by atoms with Crippen molar-refractivity contribution in [2.24, 2.45) is 0 Å². The maximum atomic E-state index is 13.1. The molecule has 2 aromatic rings. The standard InChI is InChI=1S/C15H15ClFNO2/c1-20-15-8-10(17)6-7-13(15)18-9-14(19)11-4-2-3-5-12(11)16/h2-8,14,18-19H,9H2,1H3. The van der Waals surface area contributed by atoms with E-state index >= 15 is 0 Å². The number of hydrogen-bond acceptors (Lipinski definition) is 3. The van der Waals surface area contributed by atoms with E-state index in [1.54, 1.807) is 24.3 Å². The number of methoxy groups -OCH3 is 1. The molecule has 0 aromatic heterocycles. The van der Waals surface area contributed by atoms with Gasteiger partial charge in [-0.15, -0.1) is 0 Å². The monoisotopic (exact) mass is 295 g/mol. The molecule has 1 unspecified atom stereocenters. The SMILES string of the molecule is COc1cc(F)ccc1NCC(O)c1ccccc1Cl. The van der Waals surface area contributed by atoms with Crippen LogP contribution in [-0.4, -0.2) is 18.8 Å². The zero-order chi connectivity index (χ0) is 14.5. The van der Waals surface area contributed by atoms with E-state index in [9.17, 15) is 9.50 Å². The van der Waals surface area contributed by atoms with Crippen LogP contribution in [0.4, 0.5) is 10.1 Å². The van der Waals surface area contributed by atoms with E-state index in [0.29, 0.717) is 22.0 Å². The van der Waals surface area contributed by atoms with Crippen molar-refractivity contribution < 1.29 is 14.2 Å². The summed E-state index contributed by atoms with van der Waals surface area (Å²) >= 11 is 6.02. The molecule has 5 heteroatoms. The molecule has 0 amide bonds. The Hall–Kier alpha value is -1.78. The molecule has 0 aliphatic rings. The summed E-state index contributed by atoms with van der Waals surface area (Å²) in [7, 11) is 1.46. The number of halogens is 2. The van der Waals surface area contributed by atoms with Crippen LogP contribution in [0.2, 0.25) is 5.02 Å². The summed E-state index contributed by atoms with van der Waals surface area (Å²) in [6.07, 6.45) is -0.765. The Morgan fingerprint density at radius 1 is 1.30 bits per heavy atom. The van der Waals surface area contributed by atoms with Crippen molar-refractivity contribution >= 4 is 17.3 Å². The van der Waals surface area contributed by atoms with Crippen LogP contribution in [0.5, 0.6) is 5.75 Å². The van der Waals surface area contributed by atoms with E-state index in [1.807, 2.05) is 6.07 Å². The van der Waals surface area contributed by atoms with Crippen molar-refractivity contribution in [3.8, 4) is 5.75 Å². The van der Waals surface area contributed by atoms with Crippen LogP contribution in [0.1, 0.15) is 11.7 Å². The minimum absolute atomic E-state index is 0.242. The predicted octanol–water partition coefficient (Wildman–Crippen LogP) is 3.63. The lowest BCUT2D eigenvalue weighted by Gasteiger charge is -2.16. The van der Waals surface area contributed by atoms with Crippen molar-refractivity contribution in [2.45, 2.75) is 6.10 Å². The summed E-state index contributed by atoms with van der Waals surface area (Å²) in [6.45, 7) is 0.242. The van der Waals surface area contributed by atoms with Gasteiger partial charge in [0.2, 0.25) is 0 Å². The fraction of sp³-hybridized carbons (Fsp3) is 0.200. The highest BCUT2D eigenvalue weighted by molar-refractivity contribution is 6.31. The smallest absolute Gasteiger partial charge is 0.144 e. The summed E-state index contributed by atoms with van der Waals surface area (Å²) in [6, 6.07) is 11.3. The van der Waals surface area contributed by atoms with Crippen LogP contribution in [-0.2, 0) is 0 Å². The quantitative estimate of drug-likeness (QED) is 0.885. The first-order valence-electron chi connectivity index (χ1n) is 6.11. The Balaban J connectivity index is 2.07. The first-order valence-corrected chi connectivity index (χ1v) is 6.49. The van der Waals surface area contributed by atoms with Gasteiger partial charge < -0.3 is 15.2 Å². The predicted molar refractivity (Wildman–Crippen MR) is 77.9 cm³/mol. The van der Waals surface area contributed by atoms with Crippen molar-refractivity contribution in [1.82, 2.24) is 0 Å². The summed E-state index contributed by atoms with van der Waals surface area (Å²) in [5.74, 6) is 0.00964. The Morgan fingerprint density at radius 2 is 2.05 bits per heavy atom. The Bertz CT molecular complexity index is 592. The summed E-state index contributed by atoms with van der Waals surface area (Å²) in [4.78, 5) is 0. The number of benzene rings is 2. The van der Waals surface area contributed by atoms with Crippen LogP contribution >= 0.6 is 11.6 Å². The minimum atomic E-state index is -0.765. The molecule has 20 heavy (non-hydrogen) atoms. The second-order valence-corrected chi connectivity index (χ2v) is 4.67. The lowest BCUT2D eigenvalue weighted by atomic mass is 10.1. The molecule has 2 rings (SSSR count). The molecule has 0 saturated carbocycles. The average Bonchev–Trinajstić information content (AvgIpc) is 2.46. The van der Waals surface area contributed by atoms with Gasteiger partial charge in [0, 0.05) is 23.2 Å². The van der Waals surface area contributed by atoms with Gasteiger partial charge in [-0.3, -0.25) is 0 Å². The summed E-state index contributed by atoms with van der Waals surface area (Å²) < 4.78 is 18.2. The van der Waals surface area contributed by atoms with Crippen molar-refractivity contribution in [3.63, 3.8) is 0 Å².